The maximum Gasteiger partial charge on any atom is 0.224 e. The summed E-state index contributed by atoms with van der Waals surface area (Å²) in [5, 5.41) is 4.55. The summed E-state index contributed by atoms with van der Waals surface area (Å²) >= 11 is 0. The van der Waals surface area contributed by atoms with E-state index in [-0.39, 0.29) is 11.9 Å². The molecule has 0 N–H and O–H groups in total. The van der Waals surface area contributed by atoms with Crippen molar-refractivity contribution < 1.29 is 9.53 Å². The van der Waals surface area contributed by atoms with Gasteiger partial charge in [0.15, 0.2) is 0 Å². The summed E-state index contributed by atoms with van der Waals surface area (Å²) < 4.78 is 8.47. The maximum atomic E-state index is 12.2. The lowest BCUT2D eigenvalue weighted by atomic mass is 9.92. The molecule has 2 aliphatic carbocycles. The summed E-state index contributed by atoms with van der Waals surface area (Å²) in [6.45, 7) is 3.78. The Labute approximate surface area is 153 Å². The molecule has 5 nitrogen and oxygen atoms in total. The minimum absolute atomic E-state index is 0.102. The minimum atomic E-state index is 0.102. The Balaban J connectivity index is 1.61. The number of hydrogen-bond donors (Lipinski definition) is 0. The SMILES string of the molecule is CC(=O)N1c2ccc(-c3cnn(C4CC4)c3)c(OC3CC3)c2CC[C@@H]1C. The average molecular weight is 351 g/mol. The van der Waals surface area contributed by atoms with Crippen LogP contribution in [0.4, 0.5) is 5.69 Å². The van der Waals surface area contributed by atoms with Crippen molar-refractivity contribution in [2.24, 2.45) is 0 Å². The number of rotatable bonds is 4. The monoisotopic (exact) mass is 351 g/mol. The molecule has 0 saturated heterocycles. The third-order valence-corrected chi connectivity index (χ3v) is 5.73. The van der Waals surface area contributed by atoms with Crippen LogP contribution in [0.25, 0.3) is 11.1 Å². The molecule has 1 aromatic carbocycles. The van der Waals surface area contributed by atoms with Gasteiger partial charge in [-0.25, -0.2) is 0 Å². The van der Waals surface area contributed by atoms with E-state index in [0.29, 0.717) is 12.1 Å². The summed E-state index contributed by atoms with van der Waals surface area (Å²) in [5.41, 5.74) is 4.43. The second-order valence-corrected chi connectivity index (χ2v) is 7.97. The first-order valence-corrected chi connectivity index (χ1v) is 9.78. The molecule has 2 saturated carbocycles. The van der Waals surface area contributed by atoms with Crippen LogP contribution < -0.4 is 9.64 Å². The summed E-state index contributed by atoms with van der Waals surface area (Å²) in [7, 11) is 0. The van der Waals surface area contributed by atoms with E-state index in [1.807, 2.05) is 11.1 Å². The summed E-state index contributed by atoms with van der Waals surface area (Å²) in [5.74, 6) is 1.07. The molecule has 2 heterocycles. The standard InChI is InChI=1S/C21H25N3O2/c1-13-3-8-19-20(24(13)14(2)25)10-9-18(21(19)26-17-6-7-17)15-11-22-23(12-15)16-4-5-16/h9-13,16-17H,3-8H2,1-2H3/t13-/m0/s1. The number of aromatic nitrogens is 2. The molecule has 0 radical (unpaired) electrons. The van der Waals surface area contributed by atoms with E-state index in [9.17, 15) is 4.79 Å². The van der Waals surface area contributed by atoms with Crippen LogP contribution in [0.5, 0.6) is 5.75 Å². The van der Waals surface area contributed by atoms with Crippen molar-refractivity contribution in [2.75, 3.05) is 4.90 Å². The molecule has 0 unspecified atom stereocenters. The van der Waals surface area contributed by atoms with Crippen LogP contribution in [0.2, 0.25) is 0 Å². The van der Waals surface area contributed by atoms with Gasteiger partial charge in [0.25, 0.3) is 0 Å². The Morgan fingerprint density at radius 1 is 1.19 bits per heavy atom. The molecular weight excluding hydrogens is 326 g/mol. The number of ether oxygens (including phenoxy) is 1. The summed E-state index contributed by atoms with van der Waals surface area (Å²) in [6.07, 6.45) is 11.0. The van der Waals surface area contributed by atoms with Crippen molar-refractivity contribution in [3.63, 3.8) is 0 Å². The first-order valence-electron chi connectivity index (χ1n) is 9.78. The third kappa shape index (κ3) is 2.70. The van der Waals surface area contributed by atoms with Gasteiger partial charge in [-0.3, -0.25) is 9.48 Å². The molecule has 1 aromatic heterocycles. The third-order valence-electron chi connectivity index (χ3n) is 5.73. The molecule has 0 bridgehead atoms. The molecule has 2 aromatic rings. The fourth-order valence-electron chi connectivity index (χ4n) is 4.01. The molecule has 2 fully saturated rings. The van der Waals surface area contributed by atoms with E-state index < -0.39 is 0 Å². The highest BCUT2D eigenvalue weighted by Crippen LogP contribution is 2.45. The molecule has 0 spiro atoms. The molecular formula is C21H25N3O2. The normalized spacial score (nSPS) is 22.2. The molecule has 1 amide bonds. The van der Waals surface area contributed by atoms with Crippen LogP contribution in [0, 0.1) is 0 Å². The van der Waals surface area contributed by atoms with Crippen molar-refractivity contribution in [3.8, 4) is 16.9 Å². The van der Waals surface area contributed by atoms with E-state index >= 15 is 0 Å². The van der Waals surface area contributed by atoms with Crippen molar-refractivity contribution in [2.45, 2.75) is 70.6 Å². The Hall–Kier alpha value is -2.30. The van der Waals surface area contributed by atoms with Gasteiger partial charge in [-0.1, -0.05) is 0 Å². The highest BCUT2D eigenvalue weighted by molar-refractivity contribution is 5.95. The topological polar surface area (TPSA) is 47.4 Å². The smallest absolute Gasteiger partial charge is 0.224 e. The molecule has 5 rings (SSSR count). The van der Waals surface area contributed by atoms with Gasteiger partial charge in [0, 0.05) is 35.9 Å². The number of carbonyl (C=O) groups excluding carboxylic acids is 1. The number of fused-ring (bicyclic) bond motifs is 1. The number of amides is 1. The summed E-state index contributed by atoms with van der Waals surface area (Å²) in [4.78, 5) is 14.2. The number of hydrogen-bond acceptors (Lipinski definition) is 3. The van der Waals surface area contributed by atoms with Gasteiger partial charge in [0.2, 0.25) is 5.91 Å². The zero-order chi connectivity index (χ0) is 17.8. The van der Waals surface area contributed by atoms with Gasteiger partial charge >= 0.3 is 0 Å². The maximum absolute atomic E-state index is 12.2. The van der Waals surface area contributed by atoms with Crippen molar-refractivity contribution >= 4 is 11.6 Å². The predicted octanol–water partition coefficient (Wildman–Crippen LogP) is 4.11. The molecule has 1 atom stereocenters. The van der Waals surface area contributed by atoms with Crippen LogP contribution in [0.15, 0.2) is 24.5 Å². The van der Waals surface area contributed by atoms with Crippen molar-refractivity contribution in [3.05, 3.63) is 30.1 Å². The fraction of sp³-hybridized carbons (Fsp3) is 0.524. The lowest BCUT2D eigenvalue weighted by molar-refractivity contribution is -0.117. The first-order chi connectivity index (χ1) is 12.6. The number of carbonyl (C=O) groups is 1. The van der Waals surface area contributed by atoms with Gasteiger partial charge in [-0.2, -0.15) is 5.10 Å². The zero-order valence-corrected chi connectivity index (χ0v) is 15.4. The molecule has 26 heavy (non-hydrogen) atoms. The fourth-order valence-corrected chi connectivity index (χ4v) is 4.01. The van der Waals surface area contributed by atoms with E-state index in [1.54, 1.807) is 6.92 Å². The molecule has 3 aliphatic rings. The Kier molecular flexibility index (Phi) is 3.59. The van der Waals surface area contributed by atoms with Crippen molar-refractivity contribution in [1.82, 2.24) is 9.78 Å². The van der Waals surface area contributed by atoms with E-state index in [0.717, 1.165) is 48.2 Å². The highest BCUT2D eigenvalue weighted by Gasteiger charge is 2.33. The summed E-state index contributed by atoms with van der Waals surface area (Å²) in [6, 6.07) is 5.01. The zero-order valence-electron chi connectivity index (χ0n) is 15.4. The lowest BCUT2D eigenvalue weighted by Gasteiger charge is -2.36. The van der Waals surface area contributed by atoms with Gasteiger partial charge in [0.05, 0.1) is 24.0 Å². The van der Waals surface area contributed by atoms with Crippen LogP contribution in [0.1, 0.15) is 57.6 Å². The predicted molar refractivity (Wildman–Crippen MR) is 101 cm³/mol. The van der Waals surface area contributed by atoms with E-state index in [2.05, 4.69) is 35.0 Å². The second kappa shape index (κ2) is 5.86. The highest BCUT2D eigenvalue weighted by atomic mass is 16.5. The molecule has 5 heteroatoms. The van der Waals surface area contributed by atoms with Crippen LogP contribution in [-0.2, 0) is 11.2 Å². The van der Waals surface area contributed by atoms with E-state index in [4.69, 9.17) is 4.74 Å². The van der Waals surface area contributed by atoms with E-state index in [1.165, 1.54) is 18.4 Å². The lowest BCUT2D eigenvalue weighted by Crippen LogP contribution is -2.40. The first kappa shape index (κ1) is 15.9. The Morgan fingerprint density at radius 3 is 2.69 bits per heavy atom. The Bertz CT molecular complexity index is 864. The van der Waals surface area contributed by atoms with Crippen LogP contribution >= 0.6 is 0 Å². The largest absolute Gasteiger partial charge is 0.489 e. The van der Waals surface area contributed by atoms with Gasteiger partial charge in [0.1, 0.15) is 5.75 Å². The van der Waals surface area contributed by atoms with Gasteiger partial charge < -0.3 is 9.64 Å². The van der Waals surface area contributed by atoms with Crippen molar-refractivity contribution in [1.29, 1.82) is 0 Å². The quantitative estimate of drug-likeness (QED) is 0.833. The van der Waals surface area contributed by atoms with Gasteiger partial charge in [-0.05, 0) is 57.6 Å². The van der Waals surface area contributed by atoms with Gasteiger partial charge in [-0.15, -0.1) is 0 Å². The van der Waals surface area contributed by atoms with Crippen LogP contribution in [0.3, 0.4) is 0 Å². The average Bonchev–Trinajstić information content (AvgIpc) is 3.55. The number of nitrogens with zero attached hydrogens (tertiary/aromatic N) is 3. The minimum Gasteiger partial charge on any atom is -0.489 e. The second-order valence-electron chi connectivity index (χ2n) is 7.97. The Morgan fingerprint density at radius 2 is 2.00 bits per heavy atom. The molecule has 136 valence electrons. The molecule has 1 aliphatic heterocycles. The number of anilines is 1. The van der Waals surface area contributed by atoms with Crippen LogP contribution in [-0.4, -0.2) is 27.8 Å². The number of benzene rings is 1.